The number of rotatable bonds is 7. The number of aryl methyl sites for hydroxylation is 1. The van der Waals surface area contributed by atoms with Crippen LogP contribution in [-0.4, -0.2) is 32.6 Å². The largest absolute Gasteiger partial charge is 0.416 e. The lowest BCUT2D eigenvalue weighted by Crippen LogP contribution is -2.20. The van der Waals surface area contributed by atoms with Crippen molar-refractivity contribution < 1.29 is 18.0 Å². The Morgan fingerprint density at radius 2 is 1.69 bits per heavy atom. The third-order valence-electron chi connectivity index (χ3n) is 4.93. The van der Waals surface area contributed by atoms with Gasteiger partial charge in [0.15, 0.2) is 11.0 Å². The molecule has 0 bridgehead atoms. The fraction of sp³-hybridized carbons (Fsp3) is 0.120. The Morgan fingerprint density at radius 1 is 1.00 bits per heavy atom. The second-order valence-corrected chi connectivity index (χ2v) is 8.49. The van der Waals surface area contributed by atoms with Crippen molar-refractivity contribution in [3.05, 3.63) is 95.6 Å². The topological polar surface area (TPSA) is 72.2 Å². The van der Waals surface area contributed by atoms with Crippen molar-refractivity contribution in [2.75, 3.05) is 5.75 Å². The van der Waals surface area contributed by atoms with E-state index in [9.17, 15) is 18.0 Å². The van der Waals surface area contributed by atoms with Crippen molar-refractivity contribution in [1.82, 2.24) is 20.2 Å². The predicted octanol–water partition coefficient (Wildman–Crippen LogP) is 5.50. The van der Waals surface area contributed by atoms with Crippen LogP contribution in [-0.2, 0) is 11.0 Å². The maximum atomic E-state index is 12.7. The molecule has 0 aliphatic heterocycles. The molecule has 35 heavy (non-hydrogen) atoms. The molecule has 4 aromatic rings. The van der Waals surface area contributed by atoms with Crippen molar-refractivity contribution in [2.45, 2.75) is 18.3 Å². The van der Waals surface area contributed by atoms with Gasteiger partial charge in [-0.25, -0.2) is 5.43 Å². The van der Waals surface area contributed by atoms with Crippen LogP contribution in [0.3, 0.4) is 0 Å². The monoisotopic (exact) mass is 495 g/mol. The fourth-order valence-electron chi connectivity index (χ4n) is 3.16. The molecule has 1 aromatic heterocycles. The number of halogens is 3. The lowest BCUT2D eigenvalue weighted by molar-refractivity contribution is -0.137. The maximum Gasteiger partial charge on any atom is 0.416 e. The van der Waals surface area contributed by atoms with Crippen LogP contribution in [0.2, 0.25) is 0 Å². The summed E-state index contributed by atoms with van der Waals surface area (Å²) in [6.07, 6.45) is -3.12. The van der Waals surface area contributed by atoms with Crippen LogP contribution in [0.25, 0.3) is 17.1 Å². The molecule has 0 aliphatic rings. The minimum Gasteiger partial charge on any atom is -0.272 e. The number of carbonyl (C=O) groups excluding carboxylic acids is 1. The van der Waals surface area contributed by atoms with Crippen LogP contribution in [0.5, 0.6) is 0 Å². The van der Waals surface area contributed by atoms with E-state index in [1.54, 1.807) is 0 Å². The highest BCUT2D eigenvalue weighted by atomic mass is 32.2. The number of nitrogens with one attached hydrogen (secondary N) is 1. The molecule has 0 spiro atoms. The Labute approximate surface area is 203 Å². The average molecular weight is 496 g/mol. The molecular weight excluding hydrogens is 475 g/mol. The second kappa shape index (κ2) is 10.6. The fourth-order valence-corrected chi connectivity index (χ4v) is 3.91. The number of benzene rings is 3. The second-order valence-electron chi connectivity index (χ2n) is 7.54. The highest BCUT2D eigenvalue weighted by molar-refractivity contribution is 7.99. The summed E-state index contributed by atoms with van der Waals surface area (Å²) in [6, 6.07) is 22.0. The van der Waals surface area contributed by atoms with Gasteiger partial charge in [0.2, 0.25) is 0 Å². The molecule has 6 nitrogen and oxygen atoms in total. The quantitative estimate of drug-likeness (QED) is 0.209. The van der Waals surface area contributed by atoms with Gasteiger partial charge in [0.25, 0.3) is 5.91 Å². The van der Waals surface area contributed by atoms with Crippen molar-refractivity contribution in [3.63, 3.8) is 0 Å². The van der Waals surface area contributed by atoms with Crippen molar-refractivity contribution in [1.29, 1.82) is 0 Å². The van der Waals surface area contributed by atoms with Gasteiger partial charge in [0, 0.05) is 11.3 Å². The summed E-state index contributed by atoms with van der Waals surface area (Å²) in [5, 5.41) is 13.0. The van der Waals surface area contributed by atoms with E-state index in [4.69, 9.17) is 0 Å². The van der Waals surface area contributed by atoms with Gasteiger partial charge in [-0.1, -0.05) is 71.9 Å². The van der Waals surface area contributed by atoms with E-state index < -0.39 is 17.6 Å². The molecule has 4 rings (SSSR count). The average Bonchev–Trinajstić information content (AvgIpc) is 3.27. The summed E-state index contributed by atoms with van der Waals surface area (Å²) in [7, 11) is 0. The summed E-state index contributed by atoms with van der Waals surface area (Å²) < 4.78 is 39.8. The molecule has 1 heterocycles. The molecule has 10 heteroatoms. The van der Waals surface area contributed by atoms with E-state index in [2.05, 4.69) is 20.7 Å². The van der Waals surface area contributed by atoms with Crippen LogP contribution in [0.15, 0.2) is 89.1 Å². The van der Waals surface area contributed by atoms with Gasteiger partial charge in [0.1, 0.15) is 0 Å². The number of amides is 1. The van der Waals surface area contributed by atoms with E-state index in [0.717, 1.165) is 28.9 Å². The smallest absolute Gasteiger partial charge is 0.272 e. The van der Waals surface area contributed by atoms with Gasteiger partial charge in [-0.3, -0.25) is 9.36 Å². The van der Waals surface area contributed by atoms with Gasteiger partial charge < -0.3 is 0 Å². The number of nitrogens with zero attached hydrogens (tertiary/aromatic N) is 4. The summed E-state index contributed by atoms with van der Waals surface area (Å²) in [6.45, 7) is 2.00. The summed E-state index contributed by atoms with van der Waals surface area (Å²) in [5.41, 5.74) is 4.93. The molecule has 0 unspecified atom stereocenters. The van der Waals surface area contributed by atoms with Crippen molar-refractivity contribution in [2.24, 2.45) is 5.10 Å². The van der Waals surface area contributed by atoms with Gasteiger partial charge in [0.05, 0.1) is 17.5 Å². The normalized spacial score (nSPS) is 11.7. The van der Waals surface area contributed by atoms with Gasteiger partial charge in [-0.15, -0.1) is 10.2 Å². The zero-order valence-electron chi connectivity index (χ0n) is 18.5. The van der Waals surface area contributed by atoms with Crippen LogP contribution in [0, 0.1) is 6.92 Å². The van der Waals surface area contributed by atoms with Gasteiger partial charge in [-0.05, 0) is 36.8 Å². The Bertz CT molecular complexity index is 1320. The SMILES string of the molecule is Cc1ccc(-n2c(SCC(=O)N/N=C\c3ccc(C(F)(F)F)cc3)nnc2-c2ccccc2)cc1. The standard InChI is InChI=1S/C25H20F3N5OS/c1-17-7-13-21(14-8-17)33-23(19-5-3-2-4-6-19)31-32-24(33)35-16-22(34)30-29-15-18-9-11-20(12-10-18)25(26,27)28/h2-15H,16H2,1H3,(H,30,34)/b29-15-. The Morgan fingerprint density at radius 3 is 2.34 bits per heavy atom. The minimum absolute atomic E-state index is 0.0170. The maximum absolute atomic E-state index is 12.7. The van der Waals surface area contributed by atoms with E-state index in [-0.39, 0.29) is 5.75 Å². The first-order valence-electron chi connectivity index (χ1n) is 10.5. The van der Waals surface area contributed by atoms with Gasteiger partial charge in [-0.2, -0.15) is 18.3 Å². The predicted molar refractivity (Wildman–Crippen MR) is 129 cm³/mol. The molecule has 0 fully saturated rings. The first kappa shape index (κ1) is 24.2. The van der Waals surface area contributed by atoms with Crippen LogP contribution in [0.4, 0.5) is 13.2 Å². The number of carbonyl (C=O) groups is 1. The third kappa shape index (κ3) is 6.15. The lowest BCUT2D eigenvalue weighted by atomic mass is 10.1. The Hall–Kier alpha value is -3.92. The van der Waals surface area contributed by atoms with E-state index in [1.807, 2.05) is 66.1 Å². The molecule has 0 saturated heterocycles. The Balaban J connectivity index is 1.44. The molecular formula is C25H20F3N5OS. The van der Waals surface area contributed by atoms with Crippen LogP contribution in [0.1, 0.15) is 16.7 Å². The number of aromatic nitrogens is 3. The molecule has 0 saturated carbocycles. The summed E-state index contributed by atoms with van der Waals surface area (Å²) >= 11 is 1.20. The molecule has 3 aromatic carbocycles. The van der Waals surface area contributed by atoms with Crippen LogP contribution >= 0.6 is 11.8 Å². The molecule has 0 aliphatic carbocycles. The number of thioether (sulfide) groups is 1. The van der Waals surface area contributed by atoms with E-state index in [1.165, 1.54) is 30.1 Å². The zero-order valence-corrected chi connectivity index (χ0v) is 19.3. The lowest BCUT2D eigenvalue weighted by Gasteiger charge is -2.10. The van der Waals surface area contributed by atoms with Gasteiger partial charge >= 0.3 is 6.18 Å². The van der Waals surface area contributed by atoms with E-state index >= 15 is 0 Å². The van der Waals surface area contributed by atoms with Crippen molar-refractivity contribution in [3.8, 4) is 17.1 Å². The summed E-state index contributed by atoms with van der Waals surface area (Å²) in [4.78, 5) is 12.3. The third-order valence-corrected chi connectivity index (χ3v) is 5.86. The first-order valence-corrected chi connectivity index (χ1v) is 11.5. The zero-order chi connectivity index (χ0) is 24.8. The molecule has 1 amide bonds. The number of hydrogen-bond acceptors (Lipinski definition) is 5. The highest BCUT2D eigenvalue weighted by Crippen LogP contribution is 2.29. The Kier molecular flexibility index (Phi) is 7.31. The summed E-state index contributed by atoms with van der Waals surface area (Å²) in [5.74, 6) is 0.277. The van der Waals surface area contributed by atoms with E-state index in [0.29, 0.717) is 16.5 Å². The highest BCUT2D eigenvalue weighted by Gasteiger charge is 2.29. The molecule has 0 atom stereocenters. The number of hydrazone groups is 1. The number of alkyl halides is 3. The number of hydrogen-bond donors (Lipinski definition) is 1. The molecule has 1 N–H and O–H groups in total. The molecule has 178 valence electrons. The first-order chi connectivity index (χ1) is 16.8. The minimum atomic E-state index is -4.40. The van der Waals surface area contributed by atoms with Crippen molar-refractivity contribution >= 4 is 23.9 Å². The molecule has 0 radical (unpaired) electrons. The van der Waals surface area contributed by atoms with Crippen LogP contribution < -0.4 is 5.43 Å².